The van der Waals surface area contributed by atoms with Crippen LogP contribution >= 0.6 is 0 Å². The molecular formula is C12H13N7O. The number of H-pyrrole nitrogens is 1. The number of aromatic amines is 1. The highest BCUT2D eigenvalue weighted by Gasteiger charge is 2.17. The topological polar surface area (TPSA) is 92.1 Å². The predicted octanol–water partition coefficient (Wildman–Crippen LogP) is 0.428. The Morgan fingerprint density at radius 2 is 2.35 bits per heavy atom. The Labute approximate surface area is 114 Å². The molecule has 3 heterocycles. The van der Waals surface area contributed by atoms with Gasteiger partial charge in [-0.2, -0.15) is 9.61 Å². The second-order valence-electron chi connectivity index (χ2n) is 4.57. The van der Waals surface area contributed by atoms with Crippen molar-refractivity contribution in [1.29, 1.82) is 0 Å². The summed E-state index contributed by atoms with van der Waals surface area (Å²) in [7, 11) is 1.72. The highest BCUT2D eigenvalue weighted by atomic mass is 16.2. The molecule has 0 fully saturated rings. The first-order chi connectivity index (χ1) is 9.65. The number of aromatic nitrogens is 6. The maximum atomic E-state index is 12.4. The lowest BCUT2D eigenvalue weighted by Crippen LogP contribution is -2.27. The van der Waals surface area contributed by atoms with Gasteiger partial charge in [0.2, 0.25) is 0 Å². The van der Waals surface area contributed by atoms with Crippen LogP contribution < -0.4 is 0 Å². The molecule has 0 aliphatic heterocycles. The minimum Gasteiger partial charge on any atom is -0.336 e. The molecule has 0 spiro atoms. The van der Waals surface area contributed by atoms with Crippen LogP contribution in [0.15, 0.2) is 24.4 Å². The van der Waals surface area contributed by atoms with Crippen molar-refractivity contribution in [2.24, 2.45) is 0 Å². The van der Waals surface area contributed by atoms with E-state index in [1.54, 1.807) is 30.3 Å². The van der Waals surface area contributed by atoms with E-state index in [-0.39, 0.29) is 5.91 Å². The number of hydrogen-bond acceptors (Lipinski definition) is 5. The van der Waals surface area contributed by atoms with Gasteiger partial charge < -0.3 is 4.90 Å². The van der Waals surface area contributed by atoms with Gasteiger partial charge in [0.1, 0.15) is 0 Å². The van der Waals surface area contributed by atoms with Gasteiger partial charge in [0, 0.05) is 18.9 Å². The SMILES string of the molecule is Cc1cc(CN(C)C(=O)c2cccn3nnnc23)n[nH]1. The van der Waals surface area contributed by atoms with Gasteiger partial charge in [0.15, 0.2) is 5.65 Å². The Balaban J connectivity index is 1.86. The van der Waals surface area contributed by atoms with Crippen LogP contribution in [0.2, 0.25) is 0 Å². The van der Waals surface area contributed by atoms with E-state index in [9.17, 15) is 4.79 Å². The molecule has 0 atom stereocenters. The number of fused-ring (bicyclic) bond motifs is 1. The summed E-state index contributed by atoms with van der Waals surface area (Å²) in [5, 5.41) is 18.2. The fourth-order valence-corrected chi connectivity index (χ4v) is 2.01. The molecule has 0 aliphatic rings. The molecule has 0 aromatic carbocycles. The maximum absolute atomic E-state index is 12.4. The number of nitrogens with one attached hydrogen (secondary N) is 1. The van der Waals surface area contributed by atoms with Crippen LogP contribution in [0.4, 0.5) is 0 Å². The molecule has 0 saturated heterocycles. The Morgan fingerprint density at radius 1 is 1.50 bits per heavy atom. The molecule has 102 valence electrons. The minimum atomic E-state index is -0.147. The molecule has 3 aromatic rings. The van der Waals surface area contributed by atoms with Gasteiger partial charge in [-0.05, 0) is 35.5 Å². The van der Waals surface area contributed by atoms with Gasteiger partial charge in [-0.15, -0.1) is 5.10 Å². The summed E-state index contributed by atoms with van der Waals surface area (Å²) in [6.45, 7) is 2.34. The number of hydrogen-bond donors (Lipinski definition) is 1. The standard InChI is InChI=1S/C12H13N7O/c1-8-6-9(14-13-8)7-18(2)12(20)10-4-3-5-19-11(10)15-16-17-19/h3-6H,7H2,1-2H3,(H,13,14). The van der Waals surface area contributed by atoms with E-state index in [0.29, 0.717) is 17.8 Å². The van der Waals surface area contributed by atoms with Crippen LogP contribution in [0.1, 0.15) is 21.7 Å². The zero-order chi connectivity index (χ0) is 14.1. The first kappa shape index (κ1) is 12.3. The summed E-state index contributed by atoms with van der Waals surface area (Å²) in [5.74, 6) is -0.147. The number of amides is 1. The van der Waals surface area contributed by atoms with Crippen LogP contribution in [-0.2, 0) is 6.54 Å². The number of carbonyl (C=O) groups excluding carboxylic acids is 1. The van der Waals surface area contributed by atoms with Gasteiger partial charge in [-0.1, -0.05) is 0 Å². The van der Waals surface area contributed by atoms with Crippen LogP contribution in [0.3, 0.4) is 0 Å². The first-order valence-electron chi connectivity index (χ1n) is 6.08. The summed E-state index contributed by atoms with van der Waals surface area (Å²) >= 11 is 0. The van der Waals surface area contributed by atoms with Gasteiger partial charge in [-0.25, -0.2) is 0 Å². The molecule has 20 heavy (non-hydrogen) atoms. The lowest BCUT2D eigenvalue weighted by atomic mass is 10.2. The largest absolute Gasteiger partial charge is 0.336 e. The van der Waals surface area contributed by atoms with Gasteiger partial charge in [-0.3, -0.25) is 9.89 Å². The zero-order valence-electron chi connectivity index (χ0n) is 11.1. The average molecular weight is 271 g/mol. The molecular weight excluding hydrogens is 258 g/mol. The van der Waals surface area contributed by atoms with Crippen molar-refractivity contribution in [3.05, 3.63) is 41.3 Å². The number of nitrogens with zero attached hydrogens (tertiary/aromatic N) is 6. The van der Waals surface area contributed by atoms with Crippen LogP contribution in [0.25, 0.3) is 5.65 Å². The number of carbonyl (C=O) groups is 1. The van der Waals surface area contributed by atoms with Crippen molar-refractivity contribution in [1.82, 2.24) is 35.1 Å². The third kappa shape index (κ3) is 2.11. The van der Waals surface area contributed by atoms with Crippen molar-refractivity contribution < 1.29 is 4.79 Å². The van der Waals surface area contributed by atoms with Gasteiger partial charge in [0.25, 0.3) is 5.91 Å². The molecule has 0 saturated carbocycles. The fourth-order valence-electron chi connectivity index (χ4n) is 2.01. The van der Waals surface area contributed by atoms with E-state index in [0.717, 1.165) is 11.4 Å². The summed E-state index contributed by atoms with van der Waals surface area (Å²) < 4.78 is 1.47. The van der Waals surface area contributed by atoms with Crippen molar-refractivity contribution >= 4 is 11.6 Å². The smallest absolute Gasteiger partial charge is 0.257 e. The Kier molecular flexibility index (Phi) is 2.90. The summed E-state index contributed by atoms with van der Waals surface area (Å²) in [6, 6.07) is 5.35. The van der Waals surface area contributed by atoms with E-state index in [1.807, 2.05) is 13.0 Å². The van der Waals surface area contributed by atoms with E-state index in [2.05, 4.69) is 25.7 Å². The number of tetrazole rings is 1. The maximum Gasteiger partial charge on any atom is 0.257 e. The fraction of sp³-hybridized carbons (Fsp3) is 0.250. The molecule has 8 heteroatoms. The molecule has 1 N–H and O–H groups in total. The van der Waals surface area contributed by atoms with Gasteiger partial charge in [0.05, 0.1) is 17.8 Å². The molecule has 0 unspecified atom stereocenters. The quantitative estimate of drug-likeness (QED) is 0.745. The highest BCUT2D eigenvalue weighted by Crippen LogP contribution is 2.11. The first-order valence-corrected chi connectivity index (χ1v) is 6.08. The van der Waals surface area contributed by atoms with E-state index < -0.39 is 0 Å². The number of rotatable bonds is 3. The third-order valence-electron chi connectivity index (χ3n) is 2.96. The average Bonchev–Trinajstić information content (AvgIpc) is 3.06. The number of aryl methyl sites for hydroxylation is 1. The lowest BCUT2D eigenvalue weighted by Gasteiger charge is -2.15. The van der Waals surface area contributed by atoms with Crippen molar-refractivity contribution in [2.45, 2.75) is 13.5 Å². The van der Waals surface area contributed by atoms with E-state index in [1.165, 1.54) is 4.52 Å². The Morgan fingerprint density at radius 3 is 3.10 bits per heavy atom. The lowest BCUT2D eigenvalue weighted by molar-refractivity contribution is 0.0784. The minimum absolute atomic E-state index is 0.147. The van der Waals surface area contributed by atoms with Gasteiger partial charge >= 0.3 is 0 Å². The van der Waals surface area contributed by atoms with Crippen LogP contribution in [-0.4, -0.2) is 48.1 Å². The van der Waals surface area contributed by atoms with E-state index in [4.69, 9.17) is 0 Å². The molecule has 3 rings (SSSR count). The summed E-state index contributed by atoms with van der Waals surface area (Å²) in [4.78, 5) is 14.0. The molecule has 0 radical (unpaired) electrons. The van der Waals surface area contributed by atoms with Crippen LogP contribution in [0, 0.1) is 6.92 Å². The zero-order valence-corrected chi connectivity index (χ0v) is 11.1. The molecule has 0 bridgehead atoms. The Bertz CT molecular complexity index is 760. The van der Waals surface area contributed by atoms with Crippen molar-refractivity contribution in [3.63, 3.8) is 0 Å². The van der Waals surface area contributed by atoms with Crippen molar-refractivity contribution in [3.8, 4) is 0 Å². The Hall–Kier alpha value is -2.77. The van der Waals surface area contributed by atoms with Crippen LogP contribution in [0.5, 0.6) is 0 Å². The predicted molar refractivity (Wildman–Crippen MR) is 69.9 cm³/mol. The molecule has 8 nitrogen and oxygen atoms in total. The normalized spacial score (nSPS) is 10.9. The highest BCUT2D eigenvalue weighted by molar-refractivity contribution is 5.99. The summed E-state index contributed by atoms with van der Waals surface area (Å²) in [6.07, 6.45) is 1.70. The monoisotopic (exact) mass is 271 g/mol. The third-order valence-corrected chi connectivity index (χ3v) is 2.96. The summed E-state index contributed by atoms with van der Waals surface area (Å²) in [5.41, 5.74) is 2.68. The molecule has 3 aromatic heterocycles. The molecule has 1 amide bonds. The van der Waals surface area contributed by atoms with Crippen molar-refractivity contribution in [2.75, 3.05) is 7.05 Å². The van der Waals surface area contributed by atoms with E-state index >= 15 is 0 Å². The molecule has 0 aliphatic carbocycles. The second kappa shape index (κ2) is 4.72. The second-order valence-corrected chi connectivity index (χ2v) is 4.57. The number of pyridine rings is 1.